The van der Waals surface area contributed by atoms with Crippen molar-refractivity contribution in [1.29, 1.82) is 0 Å². The molecule has 1 atom stereocenters. The van der Waals surface area contributed by atoms with E-state index in [0.717, 1.165) is 5.30 Å². The average Bonchev–Trinajstić information content (AvgIpc) is 2.24. The molecule has 74 valence electrons. The summed E-state index contributed by atoms with van der Waals surface area (Å²) in [5.74, 6) is 0. The van der Waals surface area contributed by atoms with Crippen molar-refractivity contribution in [2.45, 2.75) is 13.8 Å². The van der Waals surface area contributed by atoms with E-state index in [1.165, 1.54) is 0 Å². The Bertz CT molecular complexity index is 202. The minimum Gasteiger partial charge on any atom is -0.333 e. The summed E-state index contributed by atoms with van der Waals surface area (Å²) < 4.78 is 9.87. The topological polar surface area (TPSA) is 18.5 Å². The van der Waals surface area contributed by atoms with Crippen molar-refractivity contribution in [2.24, 2.45) is 0 Å². The second kappa shape index (κ2) is 8.52. The molecule has 0 bridgehead atoms. The van der Waals surface area contributed by atoms with Gasteiger partial charge < -0.3 is 4.52 Å². The van der Waals surface area contributed by atoms with Crippen LogP contribution >= 0.6 is 21.3 Å². The average molecular weight is 218 g/mol. The van der Waals surface area contributed by atoms with Crippen LogP contribution in [0.4, 0.5) is 0 Å². The molecule has 1 unspecified atom stereocenters. The molecule has 4 heteroatoms. The van der Waals surface area contributed by atoms with E-state index in [9.17, 15) is 0 Å². The molecule has 0 radical (unpaired) electrons. The zero-order valence-corrected chi connectivity index (χ0v) is 9.89. The van der Waals surface area contributed by atoms with Crippen molar-refractivity contribution in [1.82, 2.24) is 0 Å². The summed E-state index contributed by atoms with van der Waals surface area (Å²) in [6.45, 7) is 4.00. The largest absolute Gasteiger partial charge is 0.333 e. The highest BCUT2D eigenvalue weighted by Gasteiger charge is 2.08. The molecule has 0 fully saturated rings. The quantitative estimate of drug-likeness (QED) is 0.477. The first-order valence-electron chi connectivity index (χ1n) is 4.09. The fraction of sp³-hybridized carbons (Fsp3) is 0.333. The van der Waals surface area contributed by atoms with E-state index in [-0.39, 0.29) is 0 Å². The van der Waals surface area contributed by atoms with E-state index in [4.69, 9.17) is 8.49 Å². The van der Waals surface area contributed by atoms with Crippen LogP contribution in [0.3, 0.4) is 0 Å². The number of hydrogen-bond donors (Lipinski definition) is 1. The third kappa shape index (κ3) is 4.63. The molecule has 0 saturated carbocycles. The van der Waals surface area contributed by atoms with Gasteiger partial charge in [0.2, 0.25) is 8.38 Å². The van der Waals surface area contributed by atoms with E-state index in [1.54, 1.807) is 7.11 Å². The fourth-order valence-electron chi connectivity index (χ4n) is 0.736. The molecule has 0 aromatic heterocycles. The second-order valence-corrected chi connectivity index (χ2v) is 3.91. The SMILES string of the molecule is CC.COP(OS)c1ccccc1. The van der Waals surface area contributed by atoms with Gasteiger partial charge in [-0.15, -0.1) is 0 Å². The van der Waals surface area contributed by atoms with Gasteiger partial charge in [0.1, 0.15) is 0 Å². The lowest BCUT2D eigenvalue weighted by Gasteiger charge is -2.09. The van der Waals surface area contributed by atoms with Gasteiger partial charge in [0.15, 0.2) is 0 Å². The van der Waals surface area contributed by atoms with Gasteiger partial charge in [-0.2, -0.15) is 0 Å². The van der Waals surface area contributed by atoms with Crippen LogP contribution in [0.5, 0.6) is 0 Å². The number of rotatable bonds is 3. The van der Waals surface area contributed by atoms with Crippen LogP contribution in [0.15, 0.2) is 30.3 Å². The summed E-state index contributed by atoms with van der Waals surface area (Å²) in [5.41, 5.74) is 0. The van der Waals surface area contributed by atoms with E-state index < -0.39 is 8.38 Å². The third-order valence-electron chi connectivity index (χ3n) is 1.21. The van der Waals surface area contributed by atoms with Crippen LogP contribution in [0.1, 0.15) is 13.8 Å². The molecule has 0 aliphatic heterocycles. The van der Waals surface area contributed by atoms with Gasteiger partial charge in [0.25, 0.3) is 0 Å². The van der Waals surface area contributed by atoms with Crippen molar-refractivity contribution >= 4 is 26.6 Å². The summed E-state index contributed by atoms with van der Waals surface area (Å²) in [5, 5.41) is 1.03. The first kappa shape index (κ1) is 12.9. The Labute approximate surface area is 86.8 Å². The molecule has 0 N–H and O–H groups in total. The standard InChI is InChI=1S/C7H9O2PS.C2H6/c1-8-10(9-11)7-5-3-2-4-6-7;1-2/h2-6,11H,1H3;1-2H3. The molecule has 1 aromatic rings. The molecule has 1 aromatic carbocycles. The molecule has 0 aliphatic rings. The second-order valence-electron chi connectivity index (χ2n) is 1.86. The predicted molar refractivity (Wildman–Crippen MR) is 61.4 cm³/mol. The Balaban J connectivity index is 0.000000671. The Kier molecular flexibility index (Phi) is 8.46. The molecule has 1 rings (SSSR count). The van der Waals surface area contributed by atoms with Crippen LogP contribution in [-0.4, -0.2) is 7.11 Å². The van der Waals surface area contributed by atoms with Gasteiger partial charge in [0.05, 0.1) is 0 Å². The highest BCUT2D eigenvalue weighted by molar-refractivity contribution is 7.81. The van der Waals surface area contributed by atoms with Crippen molar-refractivity contribution in [3.05, 3.63) is 30.3 Å². The molecular weight excluding hydrogens is 203 g/mol. The minimum atomic E-state index is -0.987. The molecule has 13 heavy (non-hydrogen) atoms. The van der Waals surface area contributed by atoms with Crippen molar-refractivity contribution in [2.75, 3.05) is 7.11 Å². The van der Waals surface area contributed by atoms with Gasteiger partial charge in [-0.1, -0.05) is 32.0 Å². The van der Waals surface area contributed by atoms with Crippen molar-refractivity contribution in [3.8, 4) is 0 Å². The highest BCUT2D eigenvalue weighted by Crippen LogP contribution is 2.36. The monoisotopic (exact) mass is 218 g/mol. The van der Waals surface area contributed by atoms with Crippen LogP contribution in [0, 0.1) is 0 Å². The van der Waals surface area contributed by atoms with Crippen LogP contribution in [0.2, 0.25) is 0 Å². The normalized spacial score (nSPS) is 11.4. The summed E-state index contributed by atoms with van der Waals surface area (Å²) in [6, 6.07) is 9.73. The van der Waals surface area contributed by atoms with E-state index in [0.29, 0.717) is 0 Å². The first-order chi connectivity index (χ1) is 6.38. The maximum Gasteiger partial charge on any atom is 0.216 e. The van der Waals surface area contributed by atoms with Gasteiger partial charge in [-0.3, -0.25) is 3.97 Å². The van der Waals surface area contributed by atoms with Gasteiger partial charge in [-0.25, -0.2) is 0 Å². The Morgan fingerprint density at radius 2 is 1.69 bits per heavy atom. The van der Waals surface area contributed by atoms with Crippen molar-refractivity contribution < 1.29 is 8.49 Å². The molecule has 0 spiro atoms. The number of hydrogen-bond acceptors (Lipinski definition) is 3. The highest BCUT2D eigenvalue weighted by atomic mass is 32.1. The molecule has 0 saturated heterocycles. The number of thiol groups is 1. The third-order valence-corrected chi connectivity index (χ3v) is 2.85. The van der Waals surface area contributed by atoms with Crippen molar-refractivity contribution in [3.63, 3.8) is 0 Å². The van der Waals surface area contributed by atoms with Gasteiger partial charge in [-0.05, 0) is 25.0 Å². The predicted octanol–water partition coefficient (Wildman–Crippen LogP) is 3.16. The van der Waals surface area contributed by atoms with Gasteiger partial charge >= 0.3 is 0 Å². The smallest absolute Gasteiger partial charge is 0.216 e. The van der Waals surface area contributed by atoms with Crippen LogP contribution in [-0.2, 0) is 8.49 Å². The zero-order valence-electron chi connectivity index (χ0n) is 8.10. The maximum absolute atomic E-state index is 5.05. The summed E-state index contributed by atoms with van der Waals surface area (Å²) in [7, 11) is 0.619. The minimum absolute atomic E-state index is 0.987. The van der Waals surface area contributed by atoms with E-state index in [2.05, 4.69) is 12.9 Å². The maximum atomic E-state index is 5.05. The molecule has 0 amide bonds. The Morgan fingerprint density at radius 3 is 2.08 bits per heavy atom. The van der Waals surface area contributed by atoms with E-state index in [1.807, 2.05) is 44.2 Å². The lowest BCUT2D eigenvalue weighted by atomic mass is 10.4. The van der Waals surface area contributed by atoms with Gasteiger partial charge in [0, 0.05) is 12.4 Å². The molecule has 0 aliphatic carbocycles. The van der Waals surface area contributed by atoms with E-state index >= 15 is 0 Å². The summed E-state index contributed by atoms with van der Waals surface area (Å²) in [4.78, 5) is 0. The lowest BCUT2D eigenvalue weighted by Crippen LogP contribution is -1.99. The van der Waals surface area contributed by atoms with Crippen LogP contribution in [0.25, 0.3) is 0 Å². The molecular formula is C9H15O2PS. The summed E-state index contributed by atoms with van der Waals surface area (Å²) in [6.07, 6.45) is 0. The molecule has 2 nitrogen and oxygen atoms in total. The zero-order chi connectivity index (χ0) is 10.1. The first-order valence-corrected chi connectivity index (χ1v) is 5.63. The Hall–Kier alpha value is -0.0800. The fourth-order valence-corrected chi connectivity index (χ4v) is 2.01. The number of benzene rings is 1. The summed E-state index contributed by atoms with van der Waals surface area (Å²) >= 11 is 3.71. The van der Waals surface area contributed by atoms with Crippen LogP contribution < -0.4 is 5.30 Å². The Morgan fingerprint density at radius 1 is 1.15 bits per heavy atom. The molecule has 0 heterocycles. The lowest BCUT2D eigenvalue weighted by molar-refractivity contribution is 0.422.